The van der Waals surface area contributed by atoms with E-state index in [0.717, 1.165) is 19.1 Å². The Labute approximate surface area is 86.8 Å². The van der Waals surface area contributed by atoms with Gasteiger partial charge < -0.3 is 10.1 Å². The van der Waals surface area contributed by atoms with E-state index in [1.165, 1.54) is 38.8 Å². The highest BCUT2D eigenvalue weighted by molar-refractivity contribution is 4.81. The fraction of sp³-hybridized carbons (Fsp3) is 1.00. The molecule has 2 rings (SSSR count). The number of ether oxygens (including phenoxy) is 1. The van der Waals surface area contributed by atoms with E-state index in [1.807, 2.05) is 7.11 Å². The van der Waals surface area contributed by atoms with Crippen LogP contribution >= 0.6 is 0 Å². The molecule has 1 aliphatic heterocycles. The molecule has 14 heavy (non-hydrogen) atoms. The fourth-order valence-corrected chi connectivity index (χ4v) is 2.12. The summed E-state index contributed by atoms with van der Waals surface area (Å²) in [4.78, 5) is 2.52. The maximum absolute atomic E-state index is 5.40. The van der Waals surface area contributed by atoms with Gasteiger partial charge in [0.05, 0.1) is 6.10 Å². The van der Waals surface area contributed by atoms with Crippen LogP contribution in [0.3, 0.4) is 0 Å². The van der Waals surface area contributed by atoms with Crippen molar-refractivity contribution in [2.75, 3.05) is 33.3 Å². The quantitative estimate of drug-likeness (QED) is 0.709. The average molecular weight is 198 g/mol. The van der Waals surface area contributed by atoms with E-state index >= 15 is 0 Å². The van der Waals surface area contributed by atoms with Crippen LogP contribution < -0.4 is 5.32 Å². The van der Waals surface area contributed by atoms with E-state index in [2.05, 4.69) is 10.2 Å². The number of nitrogens with zero attached hydrogens (tertiary/aromatic N) is 1. The Morgan fingerprint density at radius 3 is 2.93 bits per heavy atom. The minimum absolute atomic E-state index is 0.477. The number of likely N-dealkylation sites (tertiary alicyclic amines) is 1. The van der Waals surface area contributed by atoms with Crippen molar-refractivity contribution in [2.45, 2.75) is 37.8 Å². The van der Waals surface area contributed by atoms with E-state index < -0.39 is 0 Å². The highest BCUT2D eigenvalue weighted by Crippen LogP contribution is 2.18. The van der Waals surface area contributed by atoms with E-state index in [9.17, 15) is 0 Å². The number of hydrogen-bond acceptors (Lipinski definition) is 3. The molecule has 0 amide bonds. The third-order valence-corrected chi connectivity index (χ3v) is 3.23. The molecule has 2 aliphatic rings. The Balaban J connectivity index is 1.58. The number of rotatable bonds is 5. The largest absolute Gasteiger partial charge is 0.380 e. The van der Waals surface area contributed by atoms with Gasteiger partial charge in [-0.1, -0.05) is 0 Å². The molecule has 0 aromatic carbocycles. The van der Waals surface area contributed by atoms with Crippen LogP contribution in [0.4, 0.5) is 0 Å². The van der Waals surface area contributed by atoms with Gasteiger partial charge in [0.1, 0.15) is 0 Å². The maximum atomic E-state index is 5.40. The van der Waals surface area contributed by atoms with E-state index in [-0.39, 0.29) is 0 Å². The predicted molar refractivity (Wildman–Crippen MR) is 57.5 cm³/mol. The Hall–Kier alpha value is -0.120. The molecule has 0 aromatic rings. The molecule has 2 fully saturated rings. The van der Waals surface area contributed by atoms with Crippen LogP contribution in [0.5, 0.6) is 0 Å². The second kappa shape index (κ2) is 5.10. The van der Waals surface area contributed by atoms with Gasteiger partial charge in [0.2, 0.25) is 0 Å². The molecular weight excluding hydrogens is 176 g/mol. The van der Waals surface area contributed by atoms with Crippen molar-refractivity contribution < 1.29 is 4.74 Å². The lowest BCUT2D eigenvalue weighted by atomic mass is 10.1. The zero-order valence-corrected chi connectivity index (χ0v) is 9.17. The van der Waals surface area contributed by atoms with Crippen molar-refractivity contribution in [3.05, 3.63) is 0 Å². The molecule has 1 saturated heterocycles. The molecule has 1 unspecified atom stereocenters. The van der Waals surface area contributed by atoms with Gasteiger partial charge in [0.15, 0.2) is 0 Å². The van der Waals surface area contributed by atoms with Gasteiger partial charge in [-0.25, -0.2) is 0 Å². The monoisotopic (exact) mass is 198 g/mol. The van der Waals surface area contributed by atoms with E-state index in [4.69, 9.17) is 4.74 Å². The summed E-state index contributed by atoms with van der Waals surface area (Å²) in [7, 11) is 1.83. The smallest absolute Gasteiger partial charge is 0.0698 e. The Bertz CT molecular complexity index is 171. The zero-order chi connectivity index (χ0) is 9.80. The topological polar surface area (TPSA) is 24.5 Å². The van der Waals surface area contributed by atoms with Crippen molar-refractivity contribution in [2.24, 2.45) is 0 Å². The molecule has 1 saturated carbocycles. The van der Waals surface area contributed by atoms with Crippen LogP contribution in [0.25, 0.3) is 0 Å². The van der Waals surface area contributed by atoms with Gasteiger partial charge in [0, 0.05) is 32.8 Å². The van der Waals surface area contributed by atoms with Gasteiger partial charge in [-0.2, -0.15) is 0 Å². The minimum atomic E-state index is 0.477. The van der Waals surface area contributed by atoms with Crippen LogP contribution in [-0.2, 0) is 4.74 Å². The van der Waals surface area contributed by atoms with E-state index in [1.54, 1.807) is 0 Å². The standard InChI is InChI=1S/C11H22N2O/c1-14-11-3-2-7-13(9-11)8-6-12-10-4-5-10/h10-12H,2-9H2,1H3. The molecule has 1 atom stereocenters. The summed E-state index contributed by atoms with van der Waals surface area (Å²) in [5.74, 6) is 0. The van der Waals surface area contributed by atoms with Crippen LogP contribution in [0.1, 0.15) is 25.7 Å². The number of nitrogens with one attached hydrogen (secondary N) is 1. The zero-order valence-electron chi connectivity index (χ0n) is 9.17. The molecule has 1 heterocycles. The molecule has 0 bridgehead atoms. The molecule has 0 aromatic heterocycles. The first-order valence-electron chi connectivity index (χ1n) is 5.87. The van der Waals surface area contributed by atoms with Crippen LogP contribution in [0.15, 0.2) is 0 Å². The molecule has 3 heteroatoms. The van der Waals surface area contributed by atoms with Gasteiger partial charge in [-0.05, 0) is 32.2 Å². The second-order valence-corrected chi connectivity index (χ2v) is 4.53. The van der Waals surface area contributed by atoms with Crippen molar-refractivity contribution in [1.29, 1.82) is 0 Å². The molecule has 1 N–H and O–H groups in total. The average Bonchev–Trinajstić information content (AvgIpc) is 3.02. The lowest BCUT2D eigenvalue weighted by Gasteiger charge is -2.31. The summed E-state index contributed by atoms with van der Waals surface area (Å²) in [5, 5.41) is 3.55. The molecule has 82 valence electrons. The van der Waals surface area contributed by atoms with Crippen LogP contribution in [-0.4, -0.2) is 50.3 Å². The van der Waals surface area contributed by atoms with Crippen molar-refractivity contribution >= 4 is 0 Å². The predicted octanol–water partition coefficient (Wildman–Crippen LogP) is 0.849. The van der Waals surface area contributed by atoms with Gasteiger partial charge >= 0.3 is 0 Å². The molecule has 1 aliphatic carbocycles. The number of hydrogen-bond donors (Lipinski definition) is 1. The SMILES string of the molecule is COC1CCCN(CCNC2CC2)C1. The van der Waals surface area contributed by atoms with Crippen molar-refractivity contribution in [3.63, 3.8) is 0 Å². The third kappa shape index (κ3) is 3.23. The molecule has 0 spiro atoms. The van der Waals surface area contributed by atoms with Gasteiger partial charge in [0.25, 0.3) is 0 Å². The first-order chi connectivity index (χ1) is 6.88. The van der Waals surface area contributed by atoms with Crippen LogP contribution in [0, 0.1) is 0 Å². The van der Waals surface area contributed by atoms with Crippen LogP contribution in [0.2, 0.25) is 0 Å². The first kappa shape index (κ1) is 10.4. The normalized spacial score (nSPS) is 29.4. The second-order valence-electron chi connectivity index (χ2n) is 4.53. The lowest BCUT2D eigenvalue weighted by Crippen LogP contribution is -2.42. The van der Waals surface area contributed by atoms with Gasteiger partial charge in [-0.15, -0.1) is 0 Å². The van der Waals surface area contributed by atoms with Crippen molar-refractivity contribution in [1.82, 2.24) is 10.2 Å². The number of methoxy groups -OCH3 is 1. The summed E-state index contributed by atoms with van der Waals surface area (Å²) in [5.41, 5.74) is 0. The fourth-order valence-electron chi connectivity index (χ4n) is 2.12. The Morgan fingerprint density at radius 1 is 1.36 bits per heavy atom. The molecule has 3 nitrogen and oxygen atoms in total. The summed E-state index contributed by atoms with van der Waals surface area (Å²) >= 11 is 0. The number of piperidine rings is 1. The summed E-state index contributed by atoms with van der Waals surface area (Å²) in [6.45, 7) is 4.73. The van der Waals surface area contributed by atoms with Crippen molar-refractivity contribution in [3.8, 4) is 0 Å². The highest BCUT2D eigenvalue weighted by atomic mass is 16.5. The maximum Gasteiger partial charge on any atom is 0.0698 e. The van der Waals surface area contributed by atoms with Gasteiger partial charge in [-0.3, -0.25) is 4.90 Å². The summed E-state index contributed by atoms with van der Waals surface area (Å²) < 4.78 is 5.40. The molecule has 0 radical (unpaired) electrons. The Kier molecular flexibility index (Phi) is 3.79. The van der Waals surface area contributed by atoms with E-state index in [0.29, 0.717) is 6.10 Å². The minimum Gasteiger partial charge on any atom is -0.380 e. The lowest BCUT2D eigenvalue weighted by molar-refractivity contribution is 0.0318. The summed E-state index contributed by atoms with van der Waals surface area (Å²) in [6.07, 6.45) is 5.79. The summed E-state index contributed by atoms with van der Waals surface area (Å²) in [6, 6.07) is 0.845. The first-order valence-corrected chi connectivity index (χ1v) is 5.87. The Morgan fingerprint density at radius 2 is 2.21 bits per heavy atom. The molecular formula is C11H22N2O. The highest BCUT2D eigenvalue weighted by Gasteiger charge is 2.22. The third-order valence-electron chi connectivity index (χ3n) is 3.23.